The number of carbonyl (C=O) groups excluding carboxylic acids is 1. The second kappa shape index (κ2) is 6.24. The summed E-state index contributed by atoms with van der Waals surface area (Å²) in [7, 11) is 0. The molecule has 1 aliphatic heterocycles. The van der Waals surface area contributed by atoms with Gasteiger partial charge in [0.25, 0.3) is 0 Å². The minimum atomic E-state index is -1.00. The number of nitrogens with zero attached hydrogens (tertiary/aromatic N) is 1. The summed E-state index contributed by atoms with van der Waals surface area (Å²) in [6, 6.07) is 2.29. The minimum Gasteiger partial charge on any atom is -0.444 e. The molecule has 0 fully saturated rings. The van der Waals surface area contributed by atoms with Crippen LogP contribution in [-0.2, 0) is 4.74 Å². The van der Waals surface area contributed by atoms with Gasteiger partial charge in [0.1, 0.15) is 5.60 Å². The van der Waals surface area contributed by atoms with E-state index in [-0.39, 0.29) is 17.1 Å². The van der Waals surface area contributed by atoms with Crippen molar-refractivity contribution >= 4 is 23.3 Å². The van der Waals surface area contributed by atoms with Crippen LogP contribution in [0, 0.1) is 11.6 Å². The Hall–Kier alpha value is -1.62. The van der Waals surface area contributed by atoms with Gasteiger partial charge in [-0.15, -0.1) is 0 Å². The molecule has 0 bridgehead atoms. The molecule has 0 saturated carbocycles. The molecule has 0 N–H and O–H groups in total. The maximum absolute atomic E-state index is 14.0. The van der Waals surface area contributed by atoms with E-state index in [2.05, 4.69) is 0 Å². The van der Waals surface area contributed by atoms with Crippen molar-refractivity contribution in [1.82, 2.24) is 4.90 Å². The molecule has 1 heterocycles. The third kappa shape index (κ3) is 3.97. The minimum absolute atomic E-state index is 0.0817. The molecule has 3 nitrogen and oxygen atoms in total. The van der Waals surface area contributed by atoms with Gasteiger partial charge in [-0.3, -0.25) is 0 Å². The summed E-state index contributed by atoms with van der Waals surface area (Å²) in [5, 5.41) is 0.115. The summed E-state index contributed by atoms with van der Waals surface area (Å²) in [4.78, 5) is 13.6. The van der Waals surface area contributed by atoms with E-state index in [1.165, 1.54) is 11.0 Å². The van der Waals surface area contributed by atoms with Gasteiger partial charge in [0.05, 0.1) is 0 Å². The van der Waals surface area contributed by atoms with Gasteiger partial charge < -0.3 is 9.64 Å². The van der Waals surface area contributed by atoms with E-state index < -0.39 is 23.3 Å². The molecule has 1 aliphatic rings. The summed E-state index contributed by atoms with van der Waals surface area (Å²) in [6.45, 7) is 5.96. The lowest BCUT2D eigenvalue weighted by atomic mass is 10.0. The molecule has 0 unspecified atom stereocenters. The van der Waals surface area contributed by atoms with E-state index >= 15 is 0 Å². The summed E-state index contributed by atoms with van der Waals surface area (Å²) in [5.41, 5.74) is 0.000468. The Morgan fingerprint density at radius 3 is 2.64 bits per heavy atom. The molecule has 6 heteroatoms. The maximum Gasteiger partial charge on any atom is 0.410 e. The first-order valence-corrected chi connectivity index (χ1v) is 7.37. The Morgan fingerprint density at radius 2 is 2.00 bits per heavy atom. The summed E-state index contributed by atoms with van der Waals surface area (Å²) in [5.74, 6) is -1.96. The molecule has 120 valence electrons. The van der Waals surface area contributed by atoms with Crippen LogP contribution >= 0.6 is 11.6 Å². The third-order valence-electron chi connectivity index (χ3n) is 3.14. The van der Waals surface area contributed by atoms with Crippen LogP contribution in [0.4, 0.5) is 13.6 Å². The van der Waals surface area contributed by atoms with Gasteiger partial charge in [0.15, 0.2) is 11.6 Å². The molecule has 0 atom stereocenters. The molecule has 1 aromatic rings. The zero-order chi connectivity index (χ0) is 16.5. The lowest BCUT2D eigenvalue weighted by Gasteiger charge is -2.30. The highest BCUT2D eigenvalue weighted by atomic mass is 35.5. The average molecular weight is 330 g/mol. The quantitative estimate of drug-likeness (QED) is 0.702. The highest BCUT2D eigenvalue weighted by molar-refractivity contribution is 6.30. The topological polar surface area (TPSA) is 29.5 Å². The average Bonchev–Trinajstić information content (AvgIpc) is 2.41. The molecular formula is C16H18ClF2NO2. The Bertz CT molecular complexity index is 623. The number of halogens is 3. The van der Waals surface area contributed by atoms with E-state index in [9.17, 15) is 13.6 Å². The lowest BCUT2D eigenvalue weighted by Crippen LogP contribution is -2.39. The largest absolute Gasteiger partial charge is 0.444 e. The van der Waals surface area contributed by atoms with Gasteiger partial charge >= 0.3 is 6.09 Å². The summed E-state index contributed by atoms with van der Waals surface area (Å²) >= 11 is 5.79. The Morgan fingerprint density at radius 1 is 1.32 bits per heavy atom. The molecule has 2 rings (SSSR count). The van der Waals surface area contributed by atoms with Crippen molar-refractivity contribution in [2.45, 2.75) is 32.8 Å². The number of benzene rings is 1. The molecule has 0 spiro atoms. The molecule has 0 saturated heterocycles. The maximum atomic E-state index is 14.0. The van der Waals surface area contributed by atoms with Gasteiger partial charge in [-0.25, -0.2) is 13.6 Å². The van der Waals surface area contributed by atoms with Crippen molar-refractivity contribution in [2.24, 2.45) is 0 Å². The van der Waals surface area contributed by atoms with Crippen LogP contribution in [0.5, 0.6) is 0 Å². The number of hydrogen-bond acceptors (Lipinski definition) is 2. The van der Waals surface area contributed by atoms with Crippen LogP contribution < -0.4 is 0 Å². The van der Waals surface area contributed by atoms with E-state index in [0.717, 1.165) is 6.07 Å². The Balaban J connectivity index is 2.21. The third-order valence-corrected chi connectivity index (χ3v) is 3.36. The van der Waals surface area contributed by atoms with Crippen molar-refractivity contribution in [3.63, 3.8) is 0 Å². The Labute approximate surface area is 133 Å². The van der Waals surface area contributed by atoms with Crippen LogP contribution in [0.15, 0.2) is 18.2 Å². The normalized spacial score (nSPS) is 15.5. The van der Waals surface area contributed by atoms with Gasteiger partial charge in [-0.1, -0.05) is 17.7 Å². The second-order valence-electron chi connectivity index (χ2n) is 6.17. The summed E-state index contributed by atoms with van der Waals surface area (Å²) < 4.78 is 32.7. The highest BCUT2D eigenvalue weighted by Gasteiger charge is 2.26. The Kier molecular flexibility index (Phi) is 4.75. The van der Waals surface area contributed by atoms with Crippen LogP contribution in [0.25, 0.3) is 5.57 Å². The fourth-order valence-electron chi connectivity index (χ4n) is 2.21. The van der Waals surface area contributed by atoms with E-state index in [1.807, 2.05) is 0 Å². The molecule has 1 amide bonds. The second-order valence-corrected chi connectivity index (χ2v) is 6.61. The zero-order valence-corrected chi connectivity index (χ0v) is 13.5. The summed E-state index contributed by atoms with van der Waals surface area (Å²) in [6.07, 6.45) is 1.86. The predicted octanol–water partition coefficient (Wildman–Crippen LogP) is 4.64. The van der Waals surface area contributed by atoms with Crippen LogP contribution in [0.1, 0.15) is 32.8 Å². The van der Waals surface area contributed by atoms with Crippen LogP contribution in [0.3, 0.4) is 0 Å². The fourth-order valence-corrected chi connectivity index (χ4v) is 2.42. The number of amides is 1. The van der Waals surface area contributed by atoms with E-state index in [0.29, 0.717) is 18.5 Å². The van der Waals surface area contributed by atoms with E-state index in [4.69, 9.17) is 16.3 Å². The van der Waals surface area contributed by atoms with Gasteiger partial charge in [0.2, 0.25) is 0 Å². The fraction of sp³-hybridized carbons (Fsp3) is 0.438. The first-order valence-electron chi connectivity index (χ1n) is 6.99. The lowest BCUT2D eigenvalue weighted by molar-refractivity contribution is 0.0273. The number of rotatable bonds is 1. The molecule has 22 heavy (non-hydrogen) atoms. The number of hydrogen-bond donors (Lipinski definition) is 0. The molecular weight excluding hydrogens is 312 g/mol. The smallest absolute Gasteiger partial charge is 0.410 e. The first kappa shape index (κ1) is 16.7. The van der Waals surface area contributed by atoms with Crippen molar-refractivity contribution < 1.29 is 18.3 Å². The van der Waals surface area contributed by atoms with Crippen LogP contribution in [0.2, 0.25) is 5.02 Å². The predicted molar refractivity (Wildman–Crippen MR) is 81.8 cm³/mol. The van der Waals surface area contributed by atoms with Crippen molar-refractivity contribution in [1.29, 1.82) is 0 Å². The number of ether oxygens (including phenoxy) is 1. The molecule has 0 aromatic heterocycles. The van der Waals surface area contributed by atoms with Crippen molar-refractivity contribution in [3.8, 4) is 0 Å². The molecule has 0 radical (unpaired) electrons. The molecule has 0 aliphatic carbocycles. The van der Waals surface area contributed by atoms with Crippen LogP contribution in [-0.4, -0.2) is 29.7 Å². The van der Waals surface area contributed by atoms with Gasteiger partial charge in [-0.2, -0.15) is 0 Å². The van der Waals surface area contributed by atoms with Crippen molar-refractivity contribution in [2.75, 3.05) is 13.1 Å². The van der Waals surface area contributed by atoms with Crippen molar-refractivity contribution in [3.05, 3.63) is 40.4 Å². The van der Waals surface area contributed by atoms with Gasteiger partial charge in [-0.05, 0) is 44.9 Å². The molecule has 1 aromatic carbocycles. The standard InChI is InChI=1S/C16H18ClF2NO2/c1-16(2,3)22-15(21)20-6-4-5-10(9-20)12-7-11(17)8-13(18)14(12)19/h5,7-8H,4,6,9H2,1-3H3. The van der Waals surface area contributed by atoms with Gasteiger partial charge in [0, 0.05) is 23.7 Å². The SMILES string of the molecule is CC(C)(C)OC(=O)N1CCC=C(c2cc(Cl)cc(F)c2F)C1. The van der Waals surface area contributed by atoms with E-state index in [1.54, 1.807) is 26.8 Å². The first-order chi connectivity index (χ1) is 10.2. The monoisotopic (exact) mass is 329 g/mol. The highest BCUT2D eigenvalue weighted by Crippen LogP contribution is 2.28. The zero-order valence-electron chi connectivity index (χ0n) is 12.8. The number of carbonyl (C=O) groups is 1.